The van der Waals surface area contributed by atoms with Crippen LogP contribution in [-0.4, -0.2) is 16.5 Å². The highest BCUT2D eigenvalue weighted by Crippen LogP contribution is 2.18. The molecule has 0 aliphatic rings. The van der Waals surface area contributed by atoms with Gasteiger partial charge >= 0.3 is 0 Å². The molecule has 1 unspecified atom stereocenters. The quantitative estimate of drug-likeness (QED) is 0.839. The van der Waals surface area contributed by atoms with E-state index in [1.54, 1.807) is 6.20 Å². The number of aromatic amines is 1. The van der Waals surface area contributed by atoms with Crippen molar-refractivity contribution in [2.24, 2.45) is 0 Å². The van der Waals surface area contributed by atoms with E-state index in [0.29, 0.717) is 6.04 Å². The summed E-state index contributed by atoms with van der Waals surface area (Å²) in [7, 11) is 0. The molecule has 2 aromatic rings. The van der Waals surface area contributed by atoms with E-state index >= 15 is 0 Å². The first-order valence-electron chi connectivity index (χ1n) is 6.26. The van der Waals surface area contributed by atoms with Gasteiger partial charge in [0.15, 0.2) is 0 Å². The van der Waals surface area contributed by atoms with E-state index in [2.05, 4.69) is 34.3 Å². The summed E-state index contributed by atoms with van der Waals surface area (Å²) in [5, 5.41) is 4.32. The van der Waals surface area contributed by atoms with Crippen LogP contribution in [0.1, 0.15) is 30.8 Å². The summed E-state index contributed by atoms with van der Waals surface area (Å²) >= 11 is 5.90. The number of benzene rings is 1. The fourth-order valence-corrected chi connectivity index (χ4v) is 2.12. The molecule has 0 radical (unpaired) electrons. The Balaban J connectivity index is 1.87. The number of rotatable bonds is 6. The van der Waals surface area contributed by atoms with Crippen molar-refractivity contribution in [2.45, 2.75) is 25.8 Å². The number of H-pyrrole nitrogens is 1. The molecular formula is C14H18ClN3. The van der Waals surface area contributed by atoms with Crippen molar-refractivity contribution < 1.29 is 0 Å². The number of aromatic nitrogens is 2. The fraction of sp³-hybridized carbons (Fsp3) is 0.357. The first kappa shape index (κ1) is 13.1. The highest BCUT2D eigenvalue weighted by molar-refractivity contribution is 6.30. The van der Waals surface area contributed by atoms with Crippen LogP contribution in [0.25, 0.3) is 0 Å². The second kappa shape index (κ2) is 6.57. The lowest BCUT2D eigenvalue weighted by atomic mass is 10.0. The molecule has 18 heavy (non-hydrogen) atoms. The third-order valence-corrected chi connectivity index (χ3v) is 3.24. The standard InChI is InChI=1S/C14H18ClN3/c1-2-13(11-3-5-12(15)6-4-11)16-8-7-14-17-9-10-18-14/h3-6,9-10,13,16H,2,7-8H2,1H3,(H,17,18). The number of hydrogen-bond acceptors (Lipinski definition) is 2. The number of nitrogens with one attached hydrogen (secondary N) is 2. The molecule has 2 N–H and O–H groups in total. The van der Waals surface area contributed by atoms with Crippen molar-refractivity contribution in [3.63, 3.8) is 0 Å². The Bertz CT molecular complexity index is 450. The van der Waals surface area contributed by atoms with Crippen molar-refractivity contribution in [3.8, 4) is 0 Å². The summed E-state index contributed by atoms with van der Waals surface area (Å²) in [6.07, 6.45) is 5.61. The maximum atomic E-state index is 5.90. The largest absolute Gasteiger partial charge is 0.349 e. The zero-order valence-corrected chi connectivity index (χ0v) is 11.2. The van der Waals surface area contributed by atoms with Crippen molar-refractivity contribution in [1.29, 1.82) is 0 Å². The van der Waals surface area contributed by atoms with E-state index in [-0.39, 0.29) is 0 Å². The van der Waals surface area contributed by atoms with Gasteiger partial charge in [0.2, 0.25) is 0 Å². The van der Waals surface area contributed by atoms with E-state index in [0.717, 1.165) is 30.2 Å². The average molecular weight is 264 g/mol. The maximum Gasteiger partial charge on any atom is 0.107 e. The summed E-state index contributed by atoms with van der Waals surface area (Å²) in [5.74, 6) is 1.02. The number of nitrogens with zero attached hydrogens (tertiary/aromatic N) is 1. The molecule has 1 heterocycles. The van der Waals surface area contributed by atoms with Crippen LogP contribution in [-0.2, 0) is 6.42 Å². The molecule has 4 heteroatoms. The van der Waals surface area contributed by atoms with Crippen LogP contribution in [0.15, 0.2) is 36.7 Å². The predicted molar refractivity (Wildman–Crippen MR) is 74.8 cm³/mol. The Kier molecular flexibility index (Phi) is 4.79. The van der Waals surface area contributed by atoms with Crippen LogP contribution in [0, 0.1) is 0 Å². The van der Waals surface area contributed by atoms with Crippen molar-refractivity contribution in [1.82, 2.24) is 15.3 Å². The molecule has 0 bridgehead atoms. The molecule has 2 rings (SSSR count). The zero-order valence-electron chi connectivity index (χ0n) is 10.5. The Morgan fingerprint density at radius 3 is 2.72 bits per heavy atom. The fourth-order valence-electron chi connectivity index (χ4n) is 1.99. The molecule has 96 valence electrons. The SMILES string of the molecule is CCC(NCCc1ncc[nH]1)c1ccc(Cl)cc1. The van der Waals surface area contributed by atoms with E-state index in [1.165, 1.54) is 5.56 Å². The van der Waals surface area contributed by atoms with Crippen molar-refractivity contribution >= 4 is 11.6 Å². The second-order valence-corrected chi connectivity index (χ2v) is 4.69. The smallest absolute Gasteiger partial charge is 0.107 e. The minimum absolute atomic E-state index is 0.372. The molecule has 0 spiro atoms. The van der Waals surface area contributed by atoms with Crippen LogP contribution in [0.3, 0.4) is 0 Å². The third kappa shape index (κ3) is 3.59. The average Bonchev–Trinajstić information content (AvgIpc) is 2.89. The summed E-state index contributed by atoms with van der Waals surface area (Å²) in [6, 6.07) is 8.41. The maximum absolute atomic E-state index is 5.90. The predicted octanol–water partition coefficient (Wildman–Crippen LogP) is 3.35. The van der Waals surface area contributed by atoms with Crippen molar-refractivity contribution in [3.05, 3.63) is 53.1 Å². The van der Waals surface area contributed by atoms with Crippen LogP contribution in [0.2, 0.25) is 5.02 Å². The van der Waals surface area contributed by atoms with Gasteiger partial charge in [-0.2, -0.15) is 0 Å². The first-order valence-corrected chi connectivity index (χ1v) is 6.64. The highest BCUT2D eigenvalue weighted by Gasteiger charge is 2.08. The van der Waals surface area contributed by atoms with E-state index in [1.807, 2.05) is 18.3 Å². The lowest BCUT2D eigenvalue weighted by molar-refractivity contribution is 0.519. The van der Waals surface area contributed by atoms with Gasteiger partial charge in [0.25, 0.3) is 0 Å². The molecule has 3 nitrogen and oxygen atoms in total. The minimum Gasteiger partial charge on any atom is -0.349 e. The summed E-state index contributed by atoms with van der Waals surface area (Å²) in [6.45, 7) is 3.09. The highest BCUT2D eigenvalue weighted by atomic mass is 35.5. The monoisotopic (exact) mass is 263 g/mol. The van der Waals surface area contributed by atoms with Crippen LogP contribution in [0.5, 0.6) is 0 Å². The molecule has 1 aromatic carbocycles. The Hall–Kier alpha value is -1.32. The van der Waals surface area contributed by atoms with Crippen LogP contribution >= 0.6 is 11.6 Å². The Labute approximate surface area is 113 Å². The van der Waals surface area contributed by atoms with E-state index in [9.17, 15) is 0 Å². The van der Waals surface area contributed by atoms with Gasteiger partial charge in [0.1, 0.15) is 5.82 Å². The molecule has 0 aliphatic heterocycles. The van der Waals surface area contributed by atoms with E-state index < -0.39 is 0 Å². The van der Waals surface area contributed by atoms with Gasteiger partial charge in [-0.15, -0.1) is 0 Å². The molecule has 1 aromatic heterocycles. The molecule has 0 aliphatic carbocycles. The molecule has 0 saturated heterocycles. The molecule has 0 saturated carbocycles. The lowest BCUT2D eigenvalue weighted by Gasteiger charge is -2.17. The Morgan fingerprint density at radius 1 is 1.33 bits per heavy atom. The third-order valence-electron chi connectivity index (χ3n) is 2.99. The van der Waals surface area contributed by atoms with Gasteiger partial charge in [0, 0.05) is 36.4 Å². The van der Waals surface area contributed by atoms with Crippen LogP contribution < -0.4 is 5.32 Å². The van der Waals surface area contributed by atoms with E-state index in [4.69, 9.17) is 11.6 Å². The van der Waals surface area contributed by atoms with Gasteiger partial charge in [-0.3, -0.25) is 0 Å². The van der Waals surface area contributed by atoms with Gasteiger partial charge in [0.05, 0.1) is 0 Å². The molecule has 0 fully saturated rings. The van der Waals surface area contributed by atoms with Crippen LogP contribution in [0.4, 0.5) is 0 Å². The summed E-state index contributed by atoms with van der Waals surface area (Å²) in [5.41, 5.74) is 1.28. The number of halogens is 1. The Morgan fingerprint density at radius 2 is 2.11 bits per heavy atom. The second-order valence-electron chi connectivity index (χ2n) is 4.25. The van der Waals surface area contributed by atoms with Crippen molar-refractivity contribution in [2.75, 3.05) is 6.54 Å². The number of hydrogen-bond donors (Lipinski definition) is 2. The first-order chi connectivity index (χ1) is 8.79. The zero-order chi connectivity index (χ0) is 12.8. The van der Waals surface area contributed by atoms with Gasteiger partial charge < -0.3 is 10.3 Å². The van der Waals surface area contributed by atoms with Gasteiger partial charge in [-0.25, -0.2) is 4.98 Å². The van der Waals surface area contributed by atoms with Gasteiger partial charge in [-0.05, 0) is 24.1 Å². The molecular weight excluding hydrogens is 246 g/mol. The lowest BCUT2D eigenvalue weighted by Crippen LogP contribution is -2.23. The van der Waals surface area contributed by atoms with Gasteiger partial charge in [-0.1, -0.05) is 30.7 Å². The molecule has 1 atom stereocenters. The topological polar surface area (TPSA) is 40.7 Å². The normalized spacial score (nSPS) is 12.6. The summed E-state index contributed by atoms with van der Waals surface area (Å²) in [4.78, 5) is 7.32. The number of imidazole rings is 1. The molecule has 0 amide bonds. The minimum atomic E-state index is 0.372. The summed E-state index contributed by atoms with van der Waals surface area (Å²) < 4.78 is 0.